The third kappa shape index (κ3) is 3.08. The first-order valence-electron chi connectivity index (χ1n) is 8.41. The molecule has 1 fully saturated rings. The molecule has 1 aliphatic rings. The first-order chi connectivity index (χ1) is 11.8. The van der Waals surface area contributed by atoms with Crippen LogP contribution in [0, 0.1) is 0 Å². The number of hydrogen-bond donors (Lipinski definition) is 2. The Hall–Kier alpha value is -2.53. The molecular weight excluding hydrogens is 300 g/mol. The minimum Gasteiger partial charge on any atom is -0.393 e. The maximum absolute atomic E-state index is 9.70. The zero-order valence-corrected chi connectivity index (χ0v) is 13.4. The fourth-order valence-corrected chi connectivity index (χ4v) is 3.23. The number of hydrogen-bond acceptors (Lipinski definition) is 5. The smallest absolute Gasteiger partial charge is 0.162 e. The van der Waals surface area contributed by atoms with E-state index in [2.05, 4.69) is 10.3 Å². The maximum atomic E-state index is 9.70. The molecule has 1 aliphatic carbocycles. The number of aliphatic hydroxyl groups is 1. The summed E-state index contributed by atoms with van der Waals surface area (Å²) in [5.74, 6) is 1.57. The fraction of sp³-hybridized carbons (Fsp3) is 0.316. The number of nitrogens with one attached hydrogen (secondary N) is 1. The van der Waals surface area contributed by atoms with Crippen molar-refractivity contribution in [3.8, 4) is 11.4 Å². The van der Waals surface area contributed by atoms with E-state index in [9.17, 15) is 5.11 Å². The number of para-hydroxylation sites is 1. The van der Waals surface area contributed by atoms with Gasteiger partial charge in [0, 0.05) is 29.4 Å². The van der Waals surface area contributed by atoms with Crippen molar-refractivity contribution in [1.29, 1.82) is 0 Å². The summed E-state index contributed by atoms with van der Waals surface area (Å²) in [7, 11) is 0. The van der Waals surface area contributed by atoms with Gasteiger partial charge in [0.1, 0.15) is 5.82 Å². The Morgan fingerprint density at radius 2 is 1.67 bits per heavy atom. The number of anilines is 1. The Morgan fingerprint density at radius 1 is 0.917 bits per heavy atom. The molecule has 2 heterocycles. The monoisotopic (exact) mass is 320 g/mol. The lowest BCUT2D eigenvalue weighted by Gasteiger charge is -2.27. The molecule has 0 spiro atoms. The van der Waals surface area contributed by atoms with Gasteiger partial charge in [0.05, 0.1) is 11.6 Å². The normalized spacial score (nSPS) is 20.9. The van der Waals surface area contributed by atoms with E-state index in [1.165, 1.54) is 0 Å². The van der Waals surface area contributed by atoms with Gasteiger partial charge in [-0.2, -0.15) is 0 Å². The van der Waals surface area contributed by atoms with Crippen molar-refractivity contribution in [3.05, 3.63) is 48.8 Å². The van der Waals surface area contributed by atoms with Gasteiger partial charge in [-0.05, 0) is 49.9 Å². The molecule has 0 unspecified atom stereocenters. The Morgan fingerprint density at radius 3 is 2.46 bits per heavy atom. The third-order valence-electron chi connectivity index (χ3n) is 4.58. The van der Waals surface area contributed by atoms with Crippen molar-refractivity contribution < 1.29 is 5.11 Å². The molecule has 122 valence electrons. The van der Waals surface area contributed by atoms with Gasteiger partial charge in [-0.1, -0.05) is 12.1 Å². The Bertz CT molecular complexity index is 829. The van der Waals surface area contributed by atoms with Crippen LogP contribution < -0.4 is 5.32 Å². The topological polar surface area (TPSA) is 70.9 Å². The van der Waals surface area contributed by atoms with E-state index in [4.69, 9.17) is 9.97 Å². The van der Waals surface area contributed by atoms with Crippen LogP contribution in [0.2, 0.25) is 0 Å². The molecular formula is C19H20N4O. The fourth-order valence-electron chi connectivity index (χ4n) is 3.23. The number of pyridine rings is 1. The van der Waals surface area contributed by atoms with E-state index in [0.29, 0.717) is 11.9 Å². The van der Waals surface area contributed by atoms with Gasteiger partial charge in [0.25, 0.3) is 0 Å². The van der Waals surface area contributed by atoms with E-state index in [1.807, 2.05) is 36.4 Å². The Balaban J connectivity index is 1.72. The average molecular weight is 320 g/mol. The summed E-state index contributed by atoms with van der Waals surface area (Å²) in [6.45, 7) is 0. The van der Waals surface area contributed by atoms with Crippen molar-refractivity contribution in [1.82, 2.24) is 15.0 Å². The molecule has 0 saturated heterocycles. The van der Waals surface area contributed by atoms with E-state index < -0.39 is 0 Å². The van der Waals surface area contributed by atoms with Crippen molar-refractivity contribution >= 4 is 16.7 Å². The molecule has 0 amide bonds. The molecule has 5 nitrogen and oxygen atoms in total. The number of aliphatic hydroxyl groups excluding tert-OH is 1. The number of benzene rings is 1. The Kier molecular flexibility index (Phi) is 4.09. The second kappa shape index (κ2) is 6.53. The van der Waals surface area contributed by atoms with Crippen LogP contribution in [0.1, 0.15) is 25.7 Å². The van der Waals surface area contributed by atoms with Gasteiger partial charge in [-0.15, -0.1) is 0 Å². The number of fused-ring (bicyclic) bond motifs is 1. The third-order valence-corrected chi connectivity index (χ3v) is 4.58. The van der Waals surface area contributed by atoms with Gasteiger partial charge in [0.2, 0.25) is 0 Å². The molecule has 0 bridgehead atoms. The molecule has 5 heteroatoms. The van der Waals surface area contributed by atoms with Crippen LogP contribution >= 0.6 is 0 Å². The summed E-state index contributed by atoms with van der Waals surface area (Å²) >= 11 is 0. The lowest BCUT2D eigenvalue weighted by atomic mass is 9.93. The van der Waals surface area contributed by atoms with Crippen LogP contribution in [-0.4, -0.2) is 32.2 Å². The predicted molar refractivity (Wildman–Crippen MR) is 94.7 cm³/mol. The second-order valence-corrected chi connectivity index (χ2v) is 6.30. The van der Waals surface area contributed by atoms with Crippen molar-refractivity contribution in [3.63, 3.8) is 0 Å². The molecule has 3 aromatic rings. The molecule has 1 aromatic carbocycles. The van der Waals surface area contributed by atoms with Crippen LogP contribution in [0.5, 0.6) is 0 Å². The van der Waals surface area contributed by atoms with E-state index in [-0.39, 0.29) is 6.10 Å². The lowest BCUT2D eigenvalue weighted by Crippen LogP contribution is -2.28. The molecule has 0 aliphatic heterocycles. The van der Waals surface area contributed by atoms with Crippen molar-refractivity contribution in [2.45, 2.75) is 37.8 Å². The van der Waals surface area contributed by atoms with Gasteiger partial charge >= 0.3 is 0 Å². The highest BCUT2D eigenvalue weighted by Crippen LogP contribution is 2.28. The highest BCUT2D eigenvalue weighted by molar-refractivity contribution is 5.90. The number of aromatic nitrogens is 3. The van der Waals surface area contributed by atoms with Crippen molar-refractivity contribution in [2.75, 3.05) is 5.32 Å². The zero-order valence-electron chi connectivity index (χ0n) is 13.4. The van der Waals surface area contributed by atoms with Gasteiger partial charge < -0.3 is 10.4 Å². The minimum absolute atomic E-state index is 0.155. The summed E-state index contributed by atoms with van der Waals surface area (Å²) in [6, 6.07) is 12.2. The highest BCUT2D eigenvalue weighted by atomic mass is 16.3. The molecule has 2 aromatic heterocycles. The van der Waals surface area contributed by atoms with Crippen molar-refractivity contribution in [2.24, 2.45) is 0 Å². The largest absolute Gasteiger partial charge is 0.393 e. The molecule has 2 N–H and O–H groups in total. The van der Waals surface area contributed by atoms with Crippen LogP contribution in [-0.2, 0) is 0 Å². The van der Waals surface area contributed by atoms with Crippen LogP contribution in [0.15, 0.2) is 48.8 Å². The van der Waals surface area contributed by atoms with E-state index >= 15 is 0 Å². The predicted octanol–water partition coefficient (Wildman–Crippen LogP) is 3.41. The molecule has 4 rings (SSSR count). The standard InChI is InChI=1S/C19H20N4O/c24-15-7-5-14(6-8-15)21-19-16-3-1-2-4-17(16)22-18(23-19)13-9-11-20-12-10-13/h1-4,9-12,14-15,24H,5-8H2,(H,21,22,23). The second-order valence-electron chi connectivity index (χ2n) is 6.30. The van der Waals surface area contributed by atoms with Crippen LogP contribution in [0.4, 0.5) is 5.82 Å². The van der Waals surface area contributed by atoms with Crippen LogP contribution in [0.25, 0.3) is 22.3 Å². The molecule has 1 saturated carbocycles. The van der Waals surface area contributed by atoms with Gasteiger partial charge in [-0.3, -0.25) is 4.98 Å². The lowest BCUT2D eigenvalue weighted by molar-refractivity contribution is 0.126. The molecule has 0 radical (unpaired) electrons. The SMILES string of the molecule is OC1CCC(Nc2nc(-c3ccncc3)nc3ccccc23)CC1. The first kappa shape index (κ1) is 15.0. The van der Waals surface area contributed by atoms with Gasteiger partial charge in [0.15, 0.2) is 5.82 Å². The van der Waals surface area contributed by atoms with Crippen LogP contribution in [0.3, 0.4) is 0 Å². The number of rotatable bonds is 3. The quantitative estimate of drug-likeness (QED) is 0.774. The first-order valence-corrected chi connectivity index (χ1v) is 8.41. The Labute approximate surface area is 140 Å². The summed E-state index contributed by atoms with van der Waals surface area (Å²) in [5, 5.41) is 14.3. The number of nitrogens with zero attached hydrogens (tertiary/aromatic N) is 3. The zero-order chi connectivity index (χ0) is 16.4. The maximum Gasteiger partial charge on any atom is 0.162 e. The summed E-state index contributed by atoms with van der Waals surface area (Å²) in [4.78, 5) is 13.5. The summed E-state index contributed by atoms with van der Waals surface area (Å²) in [6.07, 6.45) is 6.97. The van der Waals surface area contributed by atoms with Gasteiger partial charge in [-0.25, -0.2) is 9.97 Å². The summed E-state index contributed by atoms with van der Waals surface area (Å²) < 4.78 is 0. The average Bonchev–Trinajstić information content (AvgIpc) is 2.64. The molecule has 24 heavy (non-hydrogen) atoms. The minimum atomic E-state index is -0.155. The van der Waals surface area contributed by atoms with E-state index in [0.717, 1.165) is 48.0 Å². The van der Waals surface area contributed by atoms with E-state index in [1.54, 1.807) is 12.4 Å². The molecule has 0 atom stereocenters. The summed E-state index contributed by atoms with van der Waals surface area (Å²) in [5.41, 5.74) is 1.88. The highest BCUT2D eigenvalue weighted by Gasteiger charge is 2.20.